The van der Waals surface area contributed by atoms with Crippen LogP contribution in [-0.4, -0.2) is 104 Å². The van der Waals surface area contributed by atoms with Gasteiger partial charge in [-0.1, -0.05) is 174 Å². The fourth-order valence-electron chi connectivity index (χ4n) is 7.00. The van der Waals surface area contributed by atoms with Crippen molar-refractivity contribution in [2.24, 2.45) is 0 Å². The average molecular weight is 763 g/mol. The smallest absolute Gasteiger partial charge is 0.186 e. The van der Waals surface area contributed by atoms with Gasteiger partial charge >= 0.3 is 0 Å². The lowest BCUT2D eigenvalue weighted by atomic mass is 9.98. The molecule has 0 spiro atoms. The third kappa shape index (κ3) is 24.0. The van der Waals surface area contributed by atoms with Gasteiger partial charge in [0.15, 0.2) is 11.4 Å². The summed E-state index contributed by atoms with van der Waals surface area (Å²) in [6, 6.07) is -0.837. The van der Waals surface area contributed by atoms with Crippen LogP contribution >= 0.6 is 12.2 Å². The van der Waals surface area contributed by atoms with Crippen LogP contribution in [0.4, 0.5) is 0 Å². The molecule has 0 amide bonds. The van der Waals surface area contributed by atoms with Gasteiger partial charge in [0.25, 0.3) is 0 Å². The number of aliphatic hydroxyl groups excluding tert-OH is 6. The van der Waals surface area contributed by atoms with E-state index in [4.69, 9.17) is 21.7 Å². The van der Waals surface area contributed by atoms with Gasteiger partial charge in [-0.05, 0) is 25.1 Å². The Kier molecular flexibility index (Phi) is 32.0. The summed E-state index contributed by atoms with van der Waals surface area (Å²) < 4.78 is 11.2. The van der Waals surface area contributed by atoms with E-state index in [0.29, 0.717) is 18.1 Å². The fourth-order valence-corrected chi connectivity index (χ4v) is 7.26. The monoisotopic (exact) mass is 763 g/mol. The van der Waals surface area contributed by atoms with Crippen molar-refractivity contribution < 1.29 is 40.1 Å². The Bertz CT molecular complexity index is 813. The maximum absolute atomic E-state index is 11.2. The number of aliphatic hydroxyl groups is 6. The van der Waals surface area contributed by atoms with Crippen LogP contribution in [0.15, 0.2) is 0 Å². The molecule has 1 saturated heterocycles. The summed E-state index contributed by atoms with van der Waals surface area (Å²) in [6.07, 6.45) is 23.7. The quantitative estimate of drug-likeness (QED) is 0.0250. The molecule has 1 rings (SSSR count). The minimum absolute atomic E-state index is 0.208. The first-order valence-corrected chi connectivity index (χ1v) is 22.0. The summed E-state index contributed by atoms with van der Waals surface area (Å²) in [4.78, 5) is 0. The van der Waals surface area contributed by atoms with Crippen molar-refractivity contribution in [1.82, 2.24) is 10.6 Å². The highest BCUT2D eigenvalue weighted by molar-refractivity contribution is 7.80. The predicted octanol–water partition coefficient (Wildman–Crippen LogP) is 6.93. The molecule has 8 atom stereocenters. The number of hydrogen-bond acceptors (Lipinski definition) is 9. The zero-order valence-corrected chi connectivity index (χ0v) is 34.1. The molecule has 1 heterocycles. The van der Waals surface area contributed by atoms with Crippen molar-refractivity contribution >= 4 is 17.3 Å². The van der Waals surface area contributed by atoms with Crippen LogP contribution in [0, 0.1) is 0 Å². The number of nitrogens with one attached hydrogen (secondary N) is 2. The molecule has 1 fully saturated rings. The number of rotatable bonds is 35. The molecule has 0 aromatic carbocycles. The minimum atomic E-state index is -1.57. The molecule has 8 N–H and O–H groups in total. The lowest BCUT2D eigenvalue weighted by molar-refractivity contribution is -0.303. The van der Waals surface area contributed by atoms with Crippen molar-refractivity contribution in [3.63, 3.8) is 0 Å². The molecule has 11 heteroatoms. The topological polar surface area (TPSA) is 164 Å². The maximum atomic E-state index is 11.2. The lowest BCUT2D eigenvalue weighted by Crippen LogP contribution is -2.60. The van der Waals surface area contributed by atoms with Gasteiger partial charge in [0.05, 0.1) is 25.4 Å². The number of thiocarbonyl (C=S) groups is 1. The summed E-state index contributed by atoms with van der Waals surface area (Å²) in [6.45, 7) is 4.41. The van der Waals surface area contributed by atoms with Crippen LogP contribution in [0.5, 0.6) is 0 Å². The van der Waals surface area contributed by atoms with E-state index in [1.807, 2.05) is 0 Å². The first-order chi connectivity index (χ1) is 25.3. The zero-order chi connectivity index (χ0) is 38.2. The maximum Gasteiger partial charge on any atom is 0.186 e. The van der Waals surface area contributed by atoms with E-state index in [1.54, 1.807) is 0 Å². The molecule has 10 nitrogen and oxygen atoms in total. The van der Waals surface area contributed by atoms with Crippen molar-refractivity contribution in [3.05, 3.63) is 0 Å². The van der Waals surface area contributed by atoms with E-state index in [0.717, 1.165) is 32.1 Å². The van der Waals surface area contributed by atoms with Crippen molar-refractivity contribution in [1.29, 1.82) is 0 Å². The Morgan fingerprint density at radius 2 is 1.04 bits per heavy atom. The van der Waals surface area contributed by atoms with Gasteiger partial charge in [0.1, 0.15) is 30.5 Å². The van der Waals surface area contributed by atoms with Gasteiger partial charge in [-0.3, -0.25) is 0 Å². The first-order valence-electron chi connectivity index (χ1n) is 21.6. The Morgan fingerprint density at radius 3 is 1.48 bits per heavy atom. The van der Waals surface area contributed by atoms with Gasteiger partial charge in [-0.2, -0.15) is 0 Å². The molecule has 0 bridgehead atoms. The van der Waals surface area contributed by atoms with Crippen LogP contribution in [0.25, 0.3) is 0 Å². The summed E-state index contributed by atoms with van der Waals surface area (Å²) in [5.41, 5.74) is 0. The van der Waals surface area contributed by atoms with E-state index in [-0.39, 0.29) is 6.61 Å². The standard InChI is InChI=1S/C41H82N2O8S/c1-3-5-7-9-11-13-15-17-18-20-22-24-26-28-30-42-41(52)43-33(32-50-40-39(49)38(48)37(47)35(31-44)51-40)36(46)34(45)29-27-25-23-21-19-16-14-12-10-8-6-4-2/h33-40,44-49H,3-32H2,1-2H3,(H2,42,43,52)/t33-,34+,35+,36-,37-,38-,39+,40-/m0/s1. The predicted molar refractivity (Wildman–Crippen MR) is 215 cm³/mol. The van der Waals surface area contributed by atoms with Crippen molar-refractivity contribution in [2.45, 2.75) is 236 Å². The van der Waals surface area contributed by atoms with Crippen molar-refractivity contribution in [3.8, 4) is 0 Å². The highest BCUT2D eigenvalue weighted by atomic mass is 32.1. The third-order valence-electron chi connectivity index (χ3n) is 10.6. The van der Waals surface area contributed by atoms with Gasteiger partial charge < -0.3 is 50.7 Å². The van der Waals surface area contributed by atoms with Crippen LogP contribution < -0.4 is 10.6 Å². The molecule has 0 aliphatic carbocycles. The Morgan fingerprint density at radius 1 is 0.615 bits per heavy atom. The molecule has 1 aliphatic heterocycles. The molecule has 310 valence electrons. The van der Waals surface area contributed by atoms with Gasteiger partial charge in [0.2, 0.25) is 0 Å². The van der Waals surface area contributed by atoms with Crippen LogP contribution in [0.1, 0.15) is 187 Å². The Labute approximate surface area is 323 Å². The normalized spacial score (nSPS) is 22.3. The van der Waals surface area contributed by atoms with E-state index < -0.39 is 55.6 Å². The molecule has 0 aromatic rings. The second-order valence-corrected chi connectivity index (χ2v) is 15.8. The Hall–Kier alpha value is -0.630. The van der Waals surface area contributed by atoms with Crippen molar-refractivity contribution in [2.75, 3.05) is 19.8 Å². The summed E-state index contributed by atoms with van der Waals surface area (Å²) in [5.74, 6) is 0. The molecule has 0 saturated carbocycles. The fraction of sp³-hybridized carbons (Fsp3) is 0.976. The van der Waals surface area contributed by atoms with Crippen LogP contribution in [0.3, 0.4) is 0 Å². The van der Waals surface area contributed by atoms with E-state index in [2.05, 4.69) is 24.5 Å². The van der Waals surface area contributed by atoms with Gasteiger partial charge in [-0.25, -0.2) is 0 Å². The highest BCUT2D eigenvalue weighted by Gasteiger charge is 2.44. The Balaban J connectivity index is 2.42. The van der Waals surface area contributed by atoms with Gasteiger partial charge in [-0.15, -0.1) is 0 Å². The van der Waals surface area contributed by atoms with E-state index >= 15 is 0 Å². The molecule has 1 aliphatic rings. The van der Waals surface area contributed by atoms with E-state index in [9.17, 15) is 30.6 Å². The minimum Gasteiger partial charge on any atom is -0.394 e. The SMILES string of the molecule is CCCCCCCCCCCCCCCCNC(=S)N[C@@H](CO[C@H]1O[C@H](CO)[C@H](O)[C@H](O)[C@H]1O)[C@H](O)[C@H](O)CCCCCCCCCCCCCC. The first kappa shape index (κ1) is 49.4. The molecule has 0 aromatic heterocycles. The molecular formula is C41H82N2O8S. The molecular weight excluding hydrogens is 681 g/mol. The highest BCUT2D eigenvalue weighted by Crippen LogP contribution is 2.23. The second-order valence-electron chi connectivity index (χ2n) is 15.4. The molecule has 0 unspecified atom stereocenters. The summed E-state index contributed by atoms with van der Waals surface area (Å²) in [5, 5.41) is 69.0. The lowest BCUT2D eigenvalue weighted by Gasteiger charge is -2.40. The van der Waals surface area contributed by atoms with Crippen LogP contribution in [-0.2, 0) is 9.47 Å². The largest absolute Gasteiger partial charge is 0.394 e. The summed E-state index contributed by atoms with van der Waals surface area (Å²) in [7, 11) is 0. The number of ether oxygens (including phenoxy) is 2. The molecule has 52 heavy (non-hydrogen) atoms. The van der Waals surface area contributed by atoms with Gasteiger partial charge in [0, 0.05) is 6.54 Å². The average Bonchev–Trinajstić information content (AvgIpc) is 3.14. The summed E-state index contributed by atoms with van der Waals surface area (Å²) >= 11 is 5.54. The van der Waals surface area contributed by atoms with E-state index in [1.165, 1.54) is 135 Å². The third-order valence-corrected chi connectivity index (χ3v) is 10.8. The second kappa shape index (κ2) is 33.7. The molecule has 0 radical (unpaired) electrons. The zero-order valence-electron chi connectivity index (χ0n) is 33.2. The number of unbranched alkanes of at least 4 members (excludes halogenated alkanes) is 24. The van der Waals surface area contributed by atoms with Crippen LogP contribution in [0.2, 0.25) is 0 Å². The number of hydrogen-bond donors (Lipinski definition) is 8.